The molecule has 0 unspecified atom stereocenters. The van der Waals surface area contributed by atoms with Crippen molar-refractivity contribution in [3.8, 4) is 0 Å². The lowest BCUT2D eigenvalue weighted by molar-refractivity contribution is 0.0820. The second-order valence-electron chi connectivity index (χ2n) is 4.37. The Labute approximate surface area is 134 Å². The van der Waals surface area contributed by atoms with E-state index in [1.807, 2.05) is 13.8 Å². The molecule has 11 heteroatoms. The molecule has 3 heterocycles. The number of aromatic nitrogens is 6. The van der Waals surface area contributed by atoms with Crippen molar-refractivity contribution in [2.24, 2.45) is 0 Å². The van der Waals surface area contributed by atoms with Crippen LogP contribution in [0.2, 0.25) is 0 Å². The van der Waals surface area contributed by atoms with Crippen LogP contribution in [0.15, 0.2) is 10.7 Å². The van der Waals surface area contributed by atoms with Crippen LogP contribution in [-0.2, 0) is 5.38 Å². The zero-order chi connectivity index (χ0) is 15.4. The van der Waals surface area contributed by atoms with Crippen LogP contribution in [0.25, 0.3) is 4.96 Å². The number of fused-ring (bicyclic) bond motifs is 1. The molecular formula is C10H8BrClF2N6S. The summed E-state index contributed by atoms with van der Waals surface area (Å²) in [5.74, 6) is -0.688. The van der Waals surface area contributed by atoms with Gasteiger partial charge in [-0.3, -0.25) is 4.68 Å². The highest BCUT2D eigenvalue weighted by Gasteiger charge is 2.36. The van der Waals surface area contributed by atoms with E-state index in [9.17, 15) is 8.78 Å². The molecule has 0 amide bonds. The van der Waals surface area contributed by atoms with Crippen molar-refractivity contribution in [1.29, 1.82) is 0 Å². The third-order valence-electron chi connectivity index (χ3n) is 2.87. The van der Waals surface area contributed by atoms with E-state index >= 15 is 0 Å². The standard InChI is InChI=1S/C10H8BrClF2N6S/c1-4-6(11)3-19(17-4)5(2)7-18-20-8(10(12,13)14)15-16-9(20)21-7/h3,5H,1-2H3/t5-/m0/s1. The highest BCUT2D eigenvalue weighted by molar-refractivity contribution is 9.10. The molecule has 0 aromatic carbocycles. The Morgan fingerprint density at radius 1 is 1.38 bits per heavy atom. The first-order valence-corrected chi connectivity index (χ1v) is 7.76. The Hall–Kier alpha value is -1.13. The van der Waals surface area contributed by atoms with Crippen LogP contribution in [0, 0.1) is 6.92 Å². The average molecular weight is 398 g/mol. The SMILES string of the molecule is Cc1nn([C@@H](C)c2nn3c(C(F)(F)Cl)nnc3s2)cc1Br. The topological polar surface area (TPSA) is 60.9 Å². The molecule has 3 aromatic rings. The highest BCUT2D eigenvalue weighted by atomic mass is 79.9. The lowest BCUT2D eigenvalue weighted by Crippen LogP contribution is -2.12. The predicted molar refractivity (Wildman–Crippen MR) is 76.9 cm³/mol. The van der Waals surface area contributed by atoms with Gasteiger partial charge in [-0.1, -0.05) is 11.3 Å². The quantitative estimate of drug-likeness (QED) is 0.636. The summed E-state index contributed by atoms with van der Waals surface area (Å²) in [7, 11) is 0. The molecule has 0 fully saturated rings. The lowest BCUT2D eigenvalue weighted by atomic mass is 10.4. The second-order valence-corrected chi connectivity index (χ2v) is 6.69. The third-order valence-corrected chi connectivity index (χ3v) is 4.89. The first kappa shape index (κ1) is 14.8. The van der Waals surface area contributed by atoms with Crippen LogP contribution in [-0.4, -0.2) is 29.6 Å². The smallest absolute Gasteiger partial charge is 0.262 e. The number of aryl methyl sites for hydroxylation is 1. The first-order valence-electron chi connectivity index (χ1n) is 5.78. The molecule has 3 aromatic heterocycles. The van der Waals surface area contributed by atoms with E-state index in [1.165, 1.54) is 0 Å². The maximum Gasteiger partial charge on any atom is 0.383 e. The van der Waals surface area contributed by atoms with Gasteiger partial charge in [-0.25, -0.2) is 0 Å². The zero-order valence-electron chi connectivity index (χ0n) is 10.8. The summed E-state index contributed by atoms with van der Waals surface area (Å²) >= 11 is 9.53. The molecule has 0 aliphatic heterocycles. The van der Waals surface area contributed by atoms with Crippen molar-refractivity contribution >= 4 is 43.8 Å². The molecule has 0 N–H and O–H groups in total. The number of alkyl halides is 3. The number of hydrogen-bond donors (Lipinski definition) is 0. The first-order chi connectivity index (χ1) is 9.77. The molecule has 0 bridgehead atoms. The molecule has 1 atom stereocenters. The number of nitrogens with zero attached hydrogens (tertiary/aromatic N) is 6. The maximum absolute atomic E-state index is 13.2. The molecule has 0 saturated heterocycles. The fourth-order valence-electron chi connectivity index (χ4n) is 1.75. The molecule has 0 saturated carbocycles. The van der Waals surface area contributed by atoms with Gasteiger partial charge >= 0.3 is 5.38 Å². The third kappa shape index (κ3) is 2.55. The maximum atomic E-state index is 13.2. The van der Waals surface area contributed by atoms with E-state index in [1.54, 1.807) is 10.9 Å². The minimum Gasteiger partial charge on any atom is -0.262 e. The fourth-order valence-corrected chi connectivity index (χ4v) is 3.04. The zero-order valence-corrected chi connectivity index (χ0v) is 13.9. The number of hydrogen-bond acceptors (Lipinski definition) is 5. The number of rotatable bonds is 3. The summed E-state index contributed by atoms with van der Waals surface area (Å²) in [6.45, 7) is 3.72. The van der Waals surface area contributed by atoms with Gasteiger partial charge in [-0.15, -0.1) is 10.2 Å². The molecule has 21 heavy (non-hydrogen) atoms. The van der Waals surface area contributed by atoms with Gasteiger partial charge in [0.2, 0.25) is 10.8 Å². The summed E-state index contributed by atoms with van der Waals surface area (Å²) in [6, 6.07) is -0.224. The van der Waals surface area contributed by atoms with Crippen LogP contribution < -0.4 is 0 Å². The molecule has 3 rings (SSSR count). The van der Waals surface area contributed by atoms with Gasteiger partial charge in [0, 0.05) is 6.20 Å². The van der Waals surface area contributed by atoms with Crippen LogP contribution >= 0.6 is 38.9 Å². The Kier molecular flexibility index (Phi) is 3.49. The van der Waals surface area contributed by atoms with E-state index in [-0.39, 0.29) is 11.0 Å². The van der Waals surface area contributed by atoms with Crippen molar-refractivity contribution < 1.29 is 8.78 Å². The van der Waals surface area contributed by atoms with E-state index in [2.05, 4.69) is 36.3 Å². The van der Waals surface area contributed by atoms with Gasteiger partial charge in [0.15, 0.2) is 0 Å². The monoisotopic (exact) mass is 396 g/mol. The largest absolute Gasteiger partial charge is 0.383 e. The van der Waals surface area contributed by atoms with Crippen molar-refractivity contribution in [2.75, 3.05) is 0 Å². The predicted octanol–water partition coefficient (Wildman–Crippen LogP) is 3.35. The van der Waals surface area contributed by atoms with Crippen molar-refractivity contribution in [3.63, 3.8) is 0 Å². The minimum absolute atomic E-state index is 0.224. The van der Waals surface area contributed by atoms with Crippen LogP contribution in [0.1, 0.15) is 29.5 Å². The molecule has 0 aliphatic rings. The normalized spacial score (nSPS) is 14.0. The molecule has 0 spiro atoms. The molecule has 112 valence electrons. The summed E-state index contributed by atoms with van der Waals surface area (Å²) in [4.78, 5) is 0.259. The second kappa shape index (κ2) is 4.96. The average Bonchev–Trinajstić information content (AvgIpc) is 3.01. The van der Waals surface area contributed by atoms with Crippen molar-refractivity contribution in [3.05, 3.63) is 27.2 Å². The van der Waals surface area contributed by atoms with Gasteiger partial charge in [0.1, 0.15) is 11.0 Å². The molecule has 0 radical (unpaired) electrons. The molecule has 0 aliphatic carbocycles. The van der Waals surface area contributed by atoms with Gasteiger partial charge in [-0.2, -0.15) is 23.5 Å². The summed E-state index contributed by atoms with van der Waals surface area (Å²) < 4.78 is 29.9. The highest BCUT2D eigenvalue weighted by Crippen LogP contribution is 2.33. The Bertz CT molecular complexity index is 787. The van der Waals surface area contributed by atoms with Crippen molar-refractivity contribution in [1.82, 2.24) is 29.6 Å². The van der Waals surface area contributed by atoms with E-state index in [4.69, 9.17) is 11.6 Å². The van der Waals surface area contributed by atoms with E-state index in [0.717, 1.165) is 26.0 Å². The van der Waals surface area contributed by atoms with Gasteiger partial charge in [0.05, 0.1) is 10.2 Å². The summed E-state index contributed by atoms with van der Waals surface area (Å²) in [6.07, 6.45) is 1.81. The summed E-state index contributed by atoms with van der Waals surface area (Å²) in [5.41, 5.74) is 0.831. The van der Waals surface area contributed by atoms with Gasteiger partial charge in [0.25, 0.3) is 0 Å². The van der Waals surface area contributed by atoms with Crippen LogP contribution in [0.4, 0.5) is 8.78 Å². The molecular weight excluding hydrogens is 390 g/mol. The Balaban J connectivity index is 2.03. The molecule has 6 nitrogen and oxygen atoms in total. The fraction of sp³-hybridized carbons (Fsp3) is 0.400. The van der Waals surface area contributed by atoms with Crippen molar-refractivity contribution in [2.45, 2.75) is 25.3 Å². The van der Waals surface area contributed by atoms with Gasteiger partial charge < -0.3 is 0 Å². The van der Waals surface area contributed by atoms with E-state index in [0.29, 0.717) is 5.01 Å². The van der Waals surface area contributed by atoms with E-state index < -0.39 is 11.2 Å². The van der Waals surface area contributed by atoms with Crippen LogP contribution in [0.5, 0.6) is 0 Å². The Morgan fingerprint density at radius 3 is 2.67 bits per heavy atom. The lowest BCUT2D eigenvalue weighted by Gasteiger charge is -2.07. The van der Waals surface area contributed by atoms with Gasteiger partial charge in [-0.05, 0) is 41.4 Å². The minimum atomic E-state index is -3.61. The Morgan fingerprint density at radius 2 is 2.10 bits per heavy atom. The number of halogens is 4. The van der Waals surface area contributed by atoms with Crippen LogP contribution in [0.3, 0.4) is 0 Å². The summed E-state index contributed by atoms with van der Waals surface area (Å²) in [5, 5.41) is 12.5.